The van der Waals surface area contributed by atoms with Crippen LogP contribution in [0.1, 0.15) is 24.4 Å². The van der Waals surface area contributed by atoms with Crippen molar-refractivity contribution in [2.24, 2.45) is 0 Å². The van der Waals surface area contributed by atoms with Crippen LogP contribution in [0.5, 0.6) is 0 Å². The van der Waals surface area contributed by atoms with Gasteiger partial charge in [-0.15, -0.1) is 0 Å². The van der Waals surface area contributed by atoms with E-state index in [4.69, 9.17) is 27.0 Å². The van der Waals surface area contributed by atoms with Crippen LogP contribution in [0.15, 0.2) is 59.4 Å². The first-order chi connectivity index (χ1) is 15.5. The van der Waals surface area contributed by atoms with Gasteiger partial charge in [-0.2, -0.15) is 10.1 Å². The fourth-order valence-electron chi connectivity index (χ4n) is 3.54. The fourth-order valence-corrected chi connectivity index (χ4v) is 3.72. The molecule has 32 heavy (non-hydrogen) atoms. The van der Waals surface area contributed by atoms with E-state index in [0.29, 0.717) is 39.6 Å². The molecule has 4 heterocycles. The molecule has 1 aromatic carbocycles. The number of imidazole rings is 1. The molecule has 0 radical (unpaired) electrons. The number of anilines is 2. The van der Waals surface area contributed by atoms with E-state index in [1.54, 1.807) is 29.9 Å². The van der Waals surface area contributed by atoms with Crippen LogP contribution in [0.2, 0.25) is 5.15 Å². The average Bonchev–Trinajstić information content (AvgIpc) is 3.39. The summed E-state index contributed by atoms with van der Waals surface area (Å²) in [5.74, 6) is 1.35. The topological polar surface area (TPSA) is 120 Å². The van der Waals surface area contributed by atoms with E-state index in [1.165, 1.54) is 0 Å². The van der Waals surface area contributed by atoms with Crippen molar-refractivity contribution in [1.82, 2.24) is 29.7 Å². The summed E-state index contributed by atoms with van der Waals surface area (Å²) in [5.41, 5.74) is 10.6. The maximum atomic E-state index is 6.28. The van der Waals surface area contributed by atoms with E-state index >= 15 is 0 Å². The van der Waals surface area contributed by atoms with E-state index < -0.39 is 0 Å². The molecule has 0 bridgehead atoms. The standard InChI is InChI=1S/C22H19ClN8O/c1-12(27-21-19(16(24)8-9-25-21)22-28-13(2)30-32-22)15-10-18-26-11-17(23)31(18)29-20(15)14-6-4-3-5-7-14/h3-12H,1-2H3,(H3,24,25,27)/t12-/m0/s1. The van der Waals surface area contributed by atoms with Crippen LogP contribution in [0.25, 0.3) is 28.4 Å². The van der Waals surface area contributed by atoms with E-state index in [2.05, 4.69) is 25.4 Å². The van der Waals surface area contributed by atoms with Crippen LogP contribution in [-0.2, 0) is 0 Å². The van der Waals surface area contributed by atoms with E-state index in [9.17, 15) is 0 Å². The van der Waals surface area contributed by atoms with Crippen molar-refractivity contribution in [1.29, 1.82) is 0 Å². The third-order valence-corrected chi connectivity index (χ3v) is 5.33. The van der Waals surface area contributed by atoms with Crippen molar-refractivity contribution >= 4 is 28.8 Å². The molecule has 5 rings (SSSR count). The molecule has 0 aliphatic carbocycles. The Balaban J connectivity index is 1.61. The highest BCUT2D eigenvalue weighted by Crippen LogP contribution is 2.35. The van der Waals surface area contributed by atoms with Crippen LogP contribution in [0.4, 0.5) is 11.5 Å². The zero-order chi connectivity index (χ0) is 22.2. The largest absolute Gasteiger partial charge is 0.398 e. The van der Waals surface area contributed by atoms with Gasteiger partial charge in [-0.25, -0.2) is 14.5 Å². The molecule has 10 heteroatoms. The van der Waals surface area contributed by atoms with Gasteiger partial charge in [0.25, 0.3) is 5.89 Å². The monoisotopic (exact) mass is 446 g/mol. The number of aryl methyl sites for hydroxylation is 1. The Morgan fingerprint density at radius 3 is 2.72 bits per heavy atom. The zero-order valence-corrected chi connectivity index (χ0v) is 18.1. The van der Waals surface area contributed by atoms with Crippen LogP contribution >= 0.6 is 11.6 Å². The quantitative estimate of drug-likeness (QED) is 0.403. The minimum Gasteiger partial charge on any atom is -0.398 e. The first kappa shape index (κ1) is 20.0. The van der Waals surface area contributed by atoms with Gasteiger partial charge < -0.3 is 15.6 Å². The molecule has 9 nitrogen and oxygen atoms in total. The molecular weight excluding hydrogens is 428 g/mol. The molecule has 0 aliphatic heterocycles. The lowest BCUT2D eigenvalue weighted by Crippen LogP contribution is -2.13. The number of hydrogen-bond acceptors (Lipinski definition) is 8. The number of hydrogen-bond donors (Lipinski definition) is 2. The lowest BCUT2D eigenvalue weighted by Gasteiger charge is -2.20. The number of benzene rings is 1. The Bertz CT molecular complexity index is 1410. The van der Waals surface area contributed by atoms with Crippen molar-refractivity contribution in [3.63, 3.8) is 0 Å². The first-order valence-corrected chi connectivity index (χ1v) is 10.3. The normalized spacial score (nSPS) is 12.2. The second-order valence-electron chi connectivity index (χ2n) is 7.30. The van der Waals surface area contributed by atoms with Gasteiger partial charge in [0.1, 0.15) is 11.4 Å². The molecule has 160 valence electrons. The second-order valence-corrected chi connectivity index (χ2v) is 7.69. The molecule has 0 spiro atoms. The third-order valence-electron chi connectivity index (χ3n) is 5.07. The Labute approximate surface area is 188 Å². The number of nitrogen functional groups attached to an aromatic ring is 1. The summed E-state index contributed by atoms with van der Waals surface area (Å²) in [5, 5.41) is 12.5. The van der Waals surface area contributed by atoms with E-state index in [1.807, 2.05) is 43.3 Å². The van der Waals surface area contributed by atoms with Crippen molar-refractivity contribution < 1.29 is 4.52 Å². The van der Waals surface area contributed by atoms with Gasteiger partial charge in [0, 0.05) is 23.0 Å². The number of fused-ring (bicyclic) bond motifs is 1. The summed E-state index contributed by atoms with van der Waals surface area (Å²) in [6, 6.07) is 13.3. The predicted molar refractivity (Wildman–Crippen MR) is 122 cm³/mol. The van der Waals surface area contributed by atoms with E-state index in [0.717, 1.165) is 16.8 Å². The van der Waals surface area contributed by atoms with Crippen LogP contribution in [0.3, 0.4) is 0 Å². The van der Waals surface area contributed by atoms with Gasteiger partial charge in [0.15, 0.2) is 16.6 Å². The number of halogens is 1. The number of aromatic nitrogens is 6. The molecule has 1 atom stereocenters. The van der Waals surface area contributed by atoms with Gasteiger partial charge >= 0.3 is 0 Å². The van der Waals surface area contributed by atoms with Crippen molar-refractivity contribution in [3.05, 3.63) is 71.4 Å². The highest BCUT2D eigenvalue weighted by atomic mass is 35.5. The number of rotatable bonds is 5. The van der Waals surface area contributed by atoms with Gasteiger partial charge in [-0.05, 0) is 26.0 Å². The molecule has 5 aromatic rings. The van der Waals surface area contributed by atoms with Crippen molar-refractivity contribution in [2.45, 2.75) is 19.9 Å². The minimum absolute atomic E-state index is 0.213. The van der Waals surface area contributed by atoms with E-state index in [-0.39, 0.29) is 6.04 Å². The number of nitrogens with one attached hydrogen (secondary N) is 1. The summed E-state index contributed by atoms with van der Waals surface area (Å²) in [7, 11) is 0. The molecule has 0 aliphatic rings. The molecule has 0 saturated carbocycles. The average molecular weight is 447 g/mol. The summed E-state index contributed by atoms with van der Waals surface area (Å²) < 4.78 is 6.97. The fraction of sp³-hybridized carbons (Fsp3) is 0.136. The summed E-state index contributed by atoms with van der Waals surface area (Å²) in [6.45, 7) is 3.76. The molecule has 0 amide bonds. The molecule has 0 unspecified atom stereocenters. The molecule has 4 aromatic heterocycles. The maximum absolute atomic E-state index is 6.28. The SMILES string of the molecule is Cc1noc(-c2c(N)ccnc2N[C@@H](C)c2cc3ncc(Cl)n3nc2-c2ccccc2)n1. The van der Waals surface area contributed by atoms with Crippen molar-refractivity contribution in [2.75, 3.05) is 11.1 Å². The summed E-state index contributed by atoms with van der Waals surface area (Å²) in [6.07, 6.45) is 3.21. The highest BCUT2D eigenvalue weighted by molar-refractivity contribution is 6.29. The lowest BCUT2D eigenvalue weighted by molar-refractivity contribution is 0.426. The Hall–Kier alpha value is -3.98. The van der Waals surface area contributed by atoms with Gasteiger partial charge in [-0.1, -0.05) is 47.1 Å². The first-order valence-electron chi connectivity index (χ1n) is 9.92. The van der Waals surface area contributed by atoms with Crippen molar-refractivity contribution in [3.8, 4) is 22.7 Å². The smallest absolute Gasteiger partial charge is 0.263 e. The van der Waals surface area contributed by atoms with Crippen LogP contribution in [-0.4, -0.2) is 29.7 Å². The molecule has 0 saturated heterocycles. The lowest BCUT2D eigenvalue weighted by atomic mass is 10.0. The second kappa shape index (κ2) is 7.93. The third kappa shape index (κ3) is 3.52. The zero-order valence-electron chi connectivity index (χ0n) is 17.3. The summed E-state index contributed by atoms with van der Waals surface area (Å²) >= 11 is 6.28. The number of pyridine rings is 1. The van der Waals surface area contributed by atoms with Gasteiger partial charge in [0.2, 0.25) is 0 Å². The predicted octanol–water partition coefficient (Wildman–Crippen LogP) is 4.56. The minimum atomic E-state index is -0.213. The van der Waals surface area contributed by atoms with Crippen LogP contribution in [0, 0.1) is 6.92 Å². The molecule has 3 N–H and O–H groups in total. The summed E-state index contributed by atoms with van der Waals surface area (Å²) in [4.78, 5) is 13.1. The maximum Gasteiger partial charge on any atom is 0.263 e. The Kier molecular flexibility index (Phi) is 4.95. The van der Waals surface area contributed by atoms with Gasteiger partial charge in [-0.3, -0.25) is 0 Å². The number of nitrogens with two attached hydrogens (primary N) is 1. The molecular formula is C22H19ClN8O. The Morgan fingerprint density at radius 1 is 1.16 bits per heavy atom. The van der Waals surface area contributed by atoms with Crippen LogP contribution < -0.4 is 11.1 Å². The highest BCUT2D eigenvalue weighted by Gasteiger charge is 2.21. The van der Waals surface area contributed by atoms with Gasteiger partial charge in [0.05, 0.1) is 17.9 Å². The Morgan fingerprint density at radius 2 is 1.97 bits per heavy atom. The number of nitrogens with zero attached hydrogens (tertiary/aromatic N) is 6. The molecule has 0 fully saturated rings.